The Morgan fingerprint density at radius 1 is 1.29 bits per heavy atom. The minimum atomic E-state index is -0.777. The molecule has 0 amide bonds. The second kappa shape index (κ2) is 7.10. The summed E-state index contributed by atoms with van der Waals surface area (Å²) in [5.41, 5.74) is 0.626. The minimum Gasteiger partial charge on any atom is -0.481 e. The smallest absolute Gasteiger partial charge is 0.378 e. The largest absolute Gasteiger partial charge is 0.481 e. The number of hydrogen-bond donors (Lipinski definition) is 0. The van der Waals surface area contributed by atoms with Crippen LogP contribution in [0.15, 0.2) is 57.4 Å². The van der Waals surface area contributed by atoms with Crippen molar-refractivity contribution in [2.45, 2.75) is 6.61 Å². The maximum atomic E-state index is 12.7. The summed E-state index contributed by atoms with van der Waals surface area (Å²) in [4.78, 5) is 28.6. The maximum Gasteiger partial charge on any atom is 0.378 e. The first-order valence-electron chi connectivity index (χ1n) is 7.01. The lowest BCUT2D eigenvalue weighted by molar-refractivity contribution is 0.0553. The average Bonchev–Trinajstić information content (AvgIpc) is 3.15. The fourth-order valence-electron chi connectivity index (χ4n) is 2.05. The second-order valence-electron chi connectivity index (χ2n) is 4.74. The highest BCUT2D eigenvalue weighted by Crippen LogP contribution is 2.24. The Kier molecular flexibility index (Phi) is 4.72. The molecule has 2 heterocycles. The van der Waals surface area contributed by atoms with Crippen LogP contribution in [0.5, 0.6) is 5.75 Å². The molecule has 0 saturated heterocycles. The predicted octanol–water partition coefficient (Wildman–Crippen LogP) is 3.13. The van der Waals surface area contributed by atoms with Crippen LogP contribution >= 0.6 is 11.3 Å². The standard InChI is InChI=1S/C17H13NO5S/c1-21-17(20)15-14(22-9-11-5-3-2-4-6-11)13(19)12(10-23-15)16-18-7-8-24-16/h2-8,10H,9H2,1H3. The molecule has 0 N–H and O–H groups in total. The van der Waals surface area contributed by atoms with Crippen LogP contribution in [0.25, 0.3) is 10.6 Å². The zero-order valence-electron chi connectivity index (χ0n) is 12.7. The van der Waals surface area contributed by atoms with Crippen LogP contribution in [-0.4, -0.2) is 18.1 Å². The Labute approximate surface area is 141 Å². The molecule has 122 valence electrons. The molecule has 7 heteroatoms. The summed E-state index contributed by atoms with van der Waals surface area (Å²) in [5, 5.41) is 2.23. The minimum absolute atomic E-state index is 0.122. The maximum absolute atomic E-state index is 12.7. The SMILES string of the molecule is COC(=O)c1occ(-c2nccs2)c(=O)c1OCc1ccccc1. The van der Waals surface area contributed by atoms with E-state index in [2.05, 4.69) is 9.72 Å². The molecule has 0 saturated carbocycles. The molecule has 0 aliphatic carbocycles. The highest BCUT2D eigenvalue weighted by molar-refractivity contribution is 7.13. The van der Waals surface area contributed by atoms with E-state index in [0.29, 0.717) is 5.01 Å². The number of ether oxygens (including phenoxy) is 2. The van der Waals surface area contributed by atoms with E-state index in [9.17, 15) is 9.59 Å². The molecule has 0 atom stereocenters. The lowest BCUT2D eigenvalue weighted by atomic mass is 10.2. The summed E-state index contributed by atoms with van der Waals surface area (Å²) in [6.45, 7) is 0.122. The summed E-state index contributed by atoms with van der Waals surface area (Å²) in [6, 6.07) is 9.29. The number of methoxy groups -OCH3 is 1. The Morgan fingerprint density at radius 3 is 2.75 bits per heavy atom. The van der Waals surface area contributed by atoms with Crippen molar-refractivity contribution in [3.63, 3.8) is 0 Å². The van der Waals surface area contributed by atoms with Crippen LogP contribution in [0, 0.1) is 0 Å². The van der Waals surface area contributed by atoms with Gasteiger partial charge in [0.25, 0.3) is 5.76 Å². The van der Waals surface area contributed by atoms with E-state index >= 15 is 0 Å². The van der Waals surface area contributed by atoms with Gasteiger partial charge in [-0.1, -0.05) is 30.3 Å². The number of thiazole rings is 1. The zero-order valence-corrected chi connectivity index (χ0v) is 13.5. The quantitative estimate of drug-likeness (QED) is 0.662. The number of hydrogen-bond acceptors (Lipinski definition) is 7. The number of rotatable bonds is 5. The molecule has 2 aromatic heterocycles. The van der Waals surface area contributed by atoms with Gasteiger partial charge in [-0.2, -0.15) is 0 Å². The van der Waals surface area contributed by atoms with E-state index in [0.717, 1.165) is 5.56 Å². The average molecular weight is 343 g/mol. The van der Waals surface area contributed by atoms with Crippen LogP contribution in [0.1, 0.15) is 16.1 Å². The van der Waals surface area contributed by atoms with Gasteiger partial charge in [-0.15, -0.1) is 11.3 Å². The van der Waals surface area contributed by atoms with Gasteiger partial charge in [-0.3, -0.25) is 4.79 Å². The van der Waals surface area contributed by atoms with E-state index in [1.54, 1.807) is 11.6 Å². The summed E-state index contributed by atoms with van der Waals surface area (Å²) in [5.74, 6) is -1.22. The second-order valence-corrected chi connectivity index (χ2v) is 5.63. The van der Waals surface area contributed by atoms with Gasteiger partial charge in [0, 0.05) is 11.6 Å². The van der Waals surface area contributed by atoms with Crippen LogP contribution in [0.4, 0.5) is 0 Å². The van der Waals surface area contributed by atoms with Crippen LogP contribution in [-0.2, 0) is 11.3 Å². The first-order valence-corrected chi connectivity index (χ1v) is 7.89. The fraction of sp³-hybridized carbons (Fsp3) is 0.118. The van der Waals surface area contributed by atoms with Gasteiger partial charge in [0.15, 0.2) is 0 Å². The van der Waals surface area contributed by atoms with Crippen molar-refractivity contribution in [3.8, 4) is 16.3 Å². The highest BCUT2D eigenvalue weighted by atomic mass is 32.1. The normalized spacial score (nSPS) is 10.4. The molecule has 0 fully saturated rings. The van der Waals surface area contributed by atoms with Gasteiger partial charge < -0.3 is 13.9 Å². The van der Waals surface area contributed by atoms with Crippen molar-refractivity contribution in [2.24, 2.45) is 0 Å². The molecular weight excluding hydrogens is 330 g/mol. The van der Waals surface area contributed by atoms with E-state index in [4.69, 9.17) is 9.15 Å². The van der Waals surface area contributed by atoms with Crippen molar-refractivity contribution >= 4 is 17.3 Å². The summed E-state index contributed by atoms with van der Waals surface area (Å²) in [6.07, 6.45) is 2.78. The molecular formula is C17H13NO5S. The van der Waals surface area contributed by atoms with Crippen molar-refractivity contribution in [2.75, 3.05) is 7.11 Å². The van der Waals surface area contributed by atoms with E-state index in [1.807, 2.05) is 30.3 Å². The van der Waals surface area contributed by atoms with Crippen LogP contribution < -0.4 is 10.2 Å². The predicted molar refractivity (Wildman–Crippen MR) is 88.2 cm³/mol. The third-order valence-corrected chi connectivity index (χ3v) is 4.02. The van der Waals surface area contributed by atoms with Gasteiger partial charge in [0.1, 0.15) is 17.9 Å². The van der Waals surface area contributed by atoms with Crippen LogP contribution in [0.3, 0.4) is 0 Å². The lowest BCUT2D eigenvalue weighted by Crippen LogP contribution is -2.16. The van der Waals surface area contributed by atoms with Gasteiger partial charge in [0.2, 0.25) is 11.2 Å². The first kappa shape index (κ1) is 15.9. The van der Waals surface area contributed by atoms with Crippen LogP contribution in [0.2, 0.25) is 0 Å². The molecule has 0 unspecified atom stereocenters. The zero-order chi connectivity index (χ0) is 16.9. The molecule has 3 aromatic rings. The number of benzene rings is 1. The Balaban J connectivity index is 2.01. The van der Waals surface area contributed by atoms with Crippen molar-refractivity contribution in [3.05, 3.63) is 69.7 Å². The fourth-order valence-corrected chi connectivity index (χ4v) is 2.69. The topological polar surface area (TPSA) is 78.6 Å². The molecule has 0 aliphatic rings. The monoisotopic (exact) mass is 343 g/mol. The summed E-state index contributed by atoms with van der Waals surface area (Å²) >= 11 is 1.29. The molecule has 0 spiro atoms. The molecule has 24 heavy (non-hydrogen) atoms. The molecule has 6 nitrogen and oxygen atoms in total. The molecule has 0 aliphatic heterocycles. The van der Waals surface area contributed by atoms with Crippen molar-refractivity contribution in [1.29, 1.82) is 0 Å². The first-order chi connectivity index (χ1) is 11.7. The van der Waals surface area contributed by atoms with E-state index in [-0.39, 0.29) is 23.7 Å². The van der Waals surface area contributed by atoms with Crippen molar-refractivity contribution < 1.29 is 18.7 Å². The Morgan fingerprint density at radius 2 is 2.08 bits per heavy atom. The highest BCUT2D eigenvalue weighted by Gasteiger charge is 2.23. The molecule has 3 rings (SSSR count). The van der Waals surface area contributed by atoms with Gasteiger partial charge in [0.05, 0.1) is 12.7 Å². The lowest BCUT2D eigenvalue weighted by Gasteiger charge is -2.09. The van der Waals surface area contributed by atoms with E-state index < -0.39 is 11.4 Å². The number of nitrogens with zero attached hydrogens (tertiary/aromatic N) is 1. The Hall–Kier alpha value is -2.93. The Bertz CT molecular complexity index is 887. The summed E-state index contributed by atoms with van der Waals surface area (Å²) in [7, 11) is 1.21. The van der Waals surface area contributed by atoms with Gasteiger partial charge in [-0.25, -0.2) is 9.78 Å². The number of esters is 1. The third kappa shape index (κ3) is 3.21. The van der Waals surface area contributed by atoms with E-state index in [1.165, 1.54) is 24.7 Å². The molecule has 0 radical (unpaired) electrons. The molecule has 0 bridgehead atoms. The summed E-state index contributed by atoms with van der Waals surface area (Å²) < 4.78 is 15.5. The molecule has 1 aromatic carbocycles. The number of carbonyl (C=O) groups is 1. The van der Waals surface area contributed by atoms with Crippen molar-refractivity contribution in [1.82, 2.24) is 4.98 Å². The van der Waals surface area contributed by atoms with Gasteiger partial charge in [-0.05, 0) is 5.56 Å². The number of carbonyl (C=O) groups excluding carboxylic acids is 1. The third-order valence-electron chi connectivity index (χ3n) is 3.21. The number of aromatic nitrogens is 1. The van der Waals surface area contributed by atoms with Gasteiger partial charge >= 0.3 is 5.97 Å².